The number of para-hydroxylation sites is 1. The van der Waals surface area contributed by atoms with Gasteiger partial charge in [-0.1, -0.05) is 30.3 Å². The lowest BCUT2D eigenvalue weighted by atomic mass is 10.1. The Balaban J connectivity index is 2.06. The Bertz CT molecular complexity index is 755. The van der Waals surface area contributed by atoms with Gasteiger partial charge in [0.15, 0.2) is 0 Å². The van der Waals surface area contributed by atoms with E-state index < -0.39 is 23.6 Å². The number of hydrogen-bond donors (Lipinski definition) is 4. The molecule has 4 N–H and O–H groups in total. The fraction of sp³-hybridized carbons (Fsp3) is 0.300. The predicted octanol–water partition coefficient (Wildman–Crippen LogP) is 2.97. The number of alkyl carbamates (subject to hydrolysis) is 1. The molecule has 0 saturated carbocycles. The van der Waals surface area contributed by atoms with Gasteiger partial charge < -0.3 is 15.2 Å². The smallest absolute Gasteiger partial charge is 0.408 e. The number of carbonyl (C=O) groups is 2. The van der Waals surface area contributed by atoms with Gasteiger partial charge in [-0.15, -0.1) is 0 Å². The van der Waals surface area contributed by atoms with Crippen LogP contribution in [0.2, 0.25) is 0 Å². The highest BCUT2D eigenvalue weighted by atomic mass is 16.6. The molecule has 7 nitrogen and oxygen atoms in total. The number of phenolic OH excluding ortho intramolecular Hbond substituents is 1. The van der Waals surface area contributed by atoms with Crippen molar-refractivity contribution in [3.8, 4) is 5.75 Å². The van der Waals surface area contributed by atoms with E-state index >= 15 is 0 Å². The van der Waals surface area contributed by atoms with Gasteiger partial charge in [-0.3, -0.25) is 15.6 Å². The second-order valence-electron chi connectivity index (χ2n) is 7.05. The number of ether oxygens (including phenoxy) is 1. The van der Waals surface area contributed by atoms with Crippen LogP contribution in [-0.2, 0) is 16.0 Å². The highest BCUT2D eigenvalue weighted by molar-refractivity contribution is 5.86. The van der Waals surface area contributed by atoms with Crippen LogP contribution in [0.5, 0.6) is 5.75 Å². The Morgan fingerprint density at radius 2 is 1.67 bits per heavy atom. The van der Waals surface area contributed by atoms with Crippen molar-refractivity contribution in [1.29, 1.82) is 0 Å². The van der Waals surface area contributed by atoms with Crippen molar-refractivity contribution in [1.82, 2.24) is 10.7 Å². The summed E-state index contributed by atoms with van der Waals surface area (Å²) in [4.78, 5) is 24.7. The van der Waals surface area contributed by atoms with Crippen LogP contribution < -0.4 is 16.2 Å². The summed E-state index contributed by atoms with van der Waals surface area (Å²) >= 11 is 0. The Labute approximate surface area is 158 Å². The third-order valence-electron chi connectivity index (χ3n) is 3.49. The molecule has 0 fully saturated rings. The molecular weight excluding hydrogens is 346 g/mol. The summed E-state index contributed by atoms with van der Waals surface area (Å²) in [5.41, 5.74) is 6.22. The van der Waals surface area contributed by atoms with Gasteiger partial charge in [0.1, 0.15) is 17.4 Å². The van der Waals surface area contributed by atoms with Crippen molar-refractivity contribution in [2.45, 2.75) is 38.8 Å². The molecule has 0 aromatic heterocycles. The number of amides is 2. The quantitative estimate of drug-likeness (QED) is 0.585. The van der Waals surface area contributed by atoms with E-state index in [2.05, 4.69) is 16.2 Å². The van der Waals surface area contributed by atoms with Crippen LogP contribution in [0.15, 0.2) is 54.6 Å². The highest BCUT2D eigenvalue weighted by Gasteiger charge is 2.24. The van der Waals surface area contributed by atoms with Crippen LogP contribution in [0.4, 0.5) is 10.5 Å². The molecule has 2 aromatic rings. The zero-order valence-electron chi connectivity index (χ0n) is 15.7. The number of hydrazine groups is 1. The molecule has 0 aliphatic rings. The van der Waals surface area contributed by atoms with Crippen molar-refractivity contribution < 1.29 is 19.4 Å². The molecule has 0 aliphatic carbocycles. The lowest BCUT2D eigenvalue weighted by Gasteiger charge is -2.23. The van der Waals surface area contributed by atoms with Gasteiger partial charge in [0.25, 0.3) is 5.91 Å². The third-order valence-corrected chi connectivity index (χ3v) is 3.49. The summed E-state index contributed by atoms with van der Waals surface area (Å²) in [6.45, 7) is 5.25. The molecule has 144 valence electrons. The molecule has 2 amide bonds. The van der Waals surface area contributed by atoms with Gasteiger partial charge in [0.2, 0.25) is 0 Å². The minimum atomic E-state index is -0.861. The molecule has 0 aliphatic heterocycles. The Kier molecular flexibility index (Phi) is 6.65. The van der Waals surface area contributed by atoms with E-state index in [1.54, 1.807) is 45.0 Å². The number of phenols is 1. The van der Waals surface area contributed by atoms with Gasteiger partial charge in [-0.25, -0.2) is 4.79 Å². The highest BCUT2D eigenvalue weighted by Crippen LogP contribution is 2.13. The molecule has 2 rings (SSSR count). The second kappa shape index (κ2) is 8.93. The molecule has 2 aromatic carbocycles. The average Bonchev–Trinajstić information content (AvgIpc) is 2.60. The van der Waals surface area contributed by atoms with Crippen LogP contribution in [0.3, 0.4) is 0 Å². The number of rotatable bonds is 6. The van der Waals surface area contributed by atoms with Gasteiger partial charge in [0.05, 0.1) is 5.69 Å². The van der Waals surface area contributed by atoms with Gasteiger partial charge >= 0.3 is 6.09 Å². The van der Waals surface area contributed by atoms with Crippen molar-refractivity contribution in [2.24, 2.45) is 0 Å². The molecule has 1 atom stereocenters. The van der Waals surface area contributed by atoms with E-state index in [1.165, 1.54) is 12.1 Å². The second-order valence-corrected chi connectivity index (χ2v) is 7.05. The molecule has 0 heterocycles. The first-order valence-electron chi connectivity index (χ1n) is 8.61. The predicted molar refractivity (Wildman–Crippen MR) is 103 cm³/mol. The number of benzene rings is 2. The van der Waals surface area contributed by atoms with E-state index in [9.17, 15) is 14.7 Å². The summed E-state index contributed by atoms with van der Waals surface area (Å²) < 4.78 is 5.25. The lowest BCUT2D eigenvalue weighted by molar-refractivity contribution is -0.122. The summed E-state index contributed by atoms with van der Waals surface area (Å²) in [7, 11) is 0. The summed E-state index contributed by atoms with van der Waals surface area (Å²) in [5, 5.41) is 12.0. The topological polar surface area (TPSA) is 99.7 Å². The maximum Gasteiger partial charge on any atom is 0.408 e. The first kappa shape index (κ1) is 20.1. The molecule has 27 heavy (non-hydrogen) atoms. The molecule has 7 heteroatoms. The minimum absolute atomic E-state index is 0.130. The first-order chi connectivity index (χ1) is 12.7. The third kappa shape index (κ3) is 7.27. The minimum Gasteiger partial charge on any atom is -0.508 e. The van der Waals surface area contributed by atoms with Crippen molar-refractivity contribution >= 4 is 17.7 Å². The number of aromatic hydroxyl groups is 1. The van der Waals surface area contributed by atoms with Crippen molar-refractivity contribution in [3.05, 3.63) is 60.2 Å². The van der Waals surface area contributed by atoms with E-state index in [4.69, 9.17) is 4.74 Å². The Morgan fingerprint density at radius 1 is 1.04 bits per heavy atom. The summed E-state index contributed by atoms with van der Waals surface area (Å²) in [6.07, 6.45) is -0.442. The molecular formula is C20H25N3O4. The Morgan fingerprint density at radius 3 is 2.26 bits per heavy atom. The molecule has 1 unspecified atom stereocenters. The maximum atomic E-state index is 12.6. The van der Waals surface area contributed by atoms with Crippen LogP contribution in [0.25, 0.3) is 0 Å². The largest absolute Gasteiger partial charge is 0.508 e. The number of anilines is 1. The zero-order chi connectivity index (χ0) is 19.9. The zero-order valence-corrected chi connectivity index (χ0v) is 15.7. The monoisotopic (exact) mass is 371 g/mol. The van der Waals surface area contributed by atoms with Crippen LogP contribution >= 0.6 is 0 Å². The van der Waals surface area contributed by atoms with Crippen LogP contribution in [0, 0.1) is 0 Å². The Hall–Kier alpha value is -3.22. The lowest BCUT2D eigenvalue weighted by Crippen LogP contribution is -2.50. The van der Waals surface area contributed by atoms with Gasteiger partial charge in [-0.2, -0.15) is 0 Å². The van der Waals surface area contributed by atoms with Gasteiger partial charge in [-0.05, 0) is 50.6 Å². The van der Waals surface area contributed by atoms with E-state index in [-0.39, 0.29) is 12.2 Å². The van der Waals surface area contributed by atoms with Gasteiger partial charge in [0, 0.05) is 6.42 Å². The molecule has 0 radical (unpaired) electrons. The van der Waals surface area contributed by atoms with E-state index in [0.717, 1.165) is 5.56 Å². The van der Waals surface area contributed by atoms with E-state index in [0.29, 0.717) is 5.69 Å². The molecule has 0 saturated heterocycles. The fourth-order valence-electron chi connectivity index (χ4n) is 2.27. The average molecular weight is 371 g/mol. The van der Waals surface area contributed by atoms with Crippen LogP contribution in [-0.4, -0.2) is 28.7 Å². The standard InChI is InChI=1S/C20H25N3O4/c1-20(2,3)27-19(26)21-17(13-14-9-11-16(24)12-10-14)18(25)23-22-15-7-5-4-6-8-15/h4-12,17,22,24H,13H2,1-3H3,(H,21,26)(H,23,25). The maximum absolute atomic E-state index is 12.6. The number of hydrogen-bond acceptors (Lipinski definition) is 5. The number of nitrogens with one attached hydrogen (secondary N) is 3. The molecule has 0 spiro atoms. The summed E-state index contributed by atoms with van der Waals surface area (Å²) in [6, 6.07) is 14.7. The fourth-order valence-corrected chi connectivity index (χ4v) is 2.27. The molecule has 0 bridgehead atoms. The SMILES string of the molecule is CC(C)(C)OC(=O)NC(Cc1ccc(O)cc1)C(=O)NNc1ccccc1. The van der Waals surface area contributed by atoms with Crippen molar-refractivity contribution in [3.63, 3.8) is 0 Å². The number of carbonyl (C=O) groups excluding carboxylic acids is 2. The first-order valence-corrected chi connectivity index (χ1v) is 8.61. The summed E-state index contributed by atoms with van der Waals surface area (Å²) in [5.74, 6) is -0.289. The normalized spacial score (nSPS) is 12.0. The van der Waals surface area contributed by atoms with Crippen molar-refractivity contribution in [2.75, 3.05) is 5.43 Å². The van der Waals surface area contributed by atoms with E-state index in [1.807, 2.05) is 18.2 Å². The van der Waals surface area contributed by atoms with Crippen LogP contribution in [0.1, 0.15) is 26.3 Å².